The van der Waals surface area contributed by atoms with E-state index in [1.54, 1.807) is 7.11 Å². The Labute approximate surface area is 135 Å². The van der Waals surface area contributed by atoms with Crippen LogP contribution >= 0.6 is 0 Å². The van der Waals surface area contributed by atoms with Gasteiger partial charge in [0.05, 0.1) is 7.11 Å². The molecule has 0 bridgehead atoms. The Morgan fingerprint density at radius 2 is 1.36 bits per heavy atom. The normalized spacial score (nSPS) is 10.7. The van der Waals surface area contributed by atoms with Crippen LogP contribution in [0.15, 0.2) is 42.5 Å². The zero-order valence-electron chi connectivity index (χ0n) is 14.2. The van der Waals surface area contributed by atoms with Gasteiger partial charge < -0.3 is 4.74 Å². The molecule has 0 fully saturated rings. The Morgan fingerprint density at radius 1 is 0.773 bits per heavy atom. The van der Waals surface area contributed by atoms with E-state index in [1.807, 2.05) is 6.07 Å². The third-order valence-corrected chi connectivity index (χ3v) is 4.21. The van der Waals surface area contributed by atoms with Crippen molar-refractivity contribution < 1.29 is 4.74 Å². The fourth-order valence-corrected chi connectivity index (χ4v) is 3.00. The van der Waals surface area contributed by atoms with Gasteiger partial charge in [-0.25, -0.2) is 0 Å². The van der Waals surface area contributed by atoms with Crippen molar-refractivity contribution in [3.8, 4) is 16.9 Å². The molecule has 0 radical (unpaired) electrons. The van der Waals surface area contributed by atoms with Crippen LogP contribution < -0.4 is 4.74 Å². The molecule has 118 valence electrons. The Hall–Kier alpha value is -1.76. The maximum atomic E-state index is 5.62. The minimum atomic E-state index is 0.976. The first-order valence-electron chi connectivity index (χ1n) is 8.56. The number of methoxy groups -OCH3 is 1. The van der Waals surface area contributed by atoms with Gasteiger partial charge in [-0.15, -0.1) is 0 Å². The molecule has 22 heavy (non-hydrogen) atoms. The molecule has 0 aliphatic heterocycles. The van der Waals surface area contributed by atoms with Gasteiger partial charge in [0.25, 0.3) is 0 Å². The second-order valence-corrected chi connectivity index (χ2v) is 5.86. The first-order chi connectivity index (χ1) is 10.8. The van der Waals surface area contributed by atoms with E-state index in [9.17, 15) is 0 Å². The minimum Gasteiger partial charge on any atom is -0.496 e. The van der Waals surface area contributed by atoms with Gasteiger partial charge in [-0.3, -0.25) is 0 Å². The molecule has 0 unspecified atom stereocenters. The molecule has 0 aliphatic carbocycles. The van der Waals surface area contributed by atoms with E-state index in [2.05, 4.69) is 50.2 Å². The largest absolute Gasteiger partial charge is 0.496 e. The predicted octanol–water partition coefficient (Wildman–Crippen LogP) is 6.05. The van der Waals surface area contributed by atoms with E-state index >= 15 is 0 Å². The summed E-state index contributed by atoms with van der Waals surface area (Å²) in [5.74, 6) is 0.976. The monoisotopic (exact) mass is 296 g/mol. The fraction of sp³-hybridized carbons (Fsp3) is 0.429. The maximum Gasteiger partial charge on any atom is 0.126 e. The van der Waals surface area contributed by atoms with E-state index in [0.717, 1.165) is 18.6 Å². The highest BCUT2D eigenvalue weighted by atomic mass is 16.5. The number of hydrogen-bond acceptors (Lipinski definition) is 1. The van der Waals surface area contributed by atoms with Gasteiger partial charge in [-0.2, -0.15) is 0 Å². The standard InChI is InChI=1S/C21H28O/c1-4-6-11-17-13-10-14-18(12-7-5-2)21(17)19-15-8-9-16-20(19)22-3/h8-10,13-16H,4-7,11-12H2,1-3H3. The summed E-state index contributed by atoms with van der Waals surface area (Å²) >= 11 is 0. The average Bonchev–Trinajstić information content (AvgIpc) is 2.58. The Bertz CT molecular complexity index is 560. The van der Waals surface area contributed by atoms with Crippen LogP contribution in [0.25, 0.3) is 11.1 Å². The smallest absolute Gasteiger partial charge is 0.126 e. The number of ether oxygens (including phenoxy) is 1. The summed E-state index contributed by atoms with van der Waals surface area (Å²) in [6, 6.07) is 15.2. The molecule has 0 heterocycles. The van der Waals surface area contributed by atoms with Crippen molar-refractivity contribution in [3.05, 3.63) is 53.6 Å². The van der Waals surface area contributed by atoms with Gasteiger partial charge in [-0.05, 0) is 48.4 Å². The van der Waals surface area contributed by atoms with Gasteiger partial charge in [0.2, 0.25) is 0 Å². The van der Waals surface area contributed by atoms with Crippen molar-refractivity contribution in [2.45, 2.75) is 52.4 Å². The van der Waals surface area contributed by atoms with Gasteiger partial charge in [0, 0.05) is 5.56 Å². The summed E-state index contributed by atoms with van der Waals surface area (Å²) in [4.78, 5) is 0. The Kier molecular flexibility index (Phi) is 6.51. The zero-order chi connectivity index (χ0) is 15.8. The average molecular weight is 296 g/mol. The molecule has 2 rings (SSSR count). The summed E-state index contributed by atoms with van der Waals surface area (Å²) < 4.78 is 5.62. The SMILES string of the molecule is CCCCc1cccc(CCCC)c1-c1ccccc1OC. The van der Waals surface area contributed by atoms with Crippen molar-refractivity contribution in [1.29, 1.82) is 0 Å². The third-order valence-electron chi connectivity index (χ3n) is 4.21. The highest BCUT2D eigenvalue weighted by Gasteiger charge is 2.14. The molecular formula is C21H28O. The second kappa shape index (κ2) is 8.63. The second-order valence-electron chi connectivity index (χ2n) is 5.86. The molecule has 1 heteroatoms. The van der Waals surface area contributed by atoms with Gasteiger partial charge in [-0.1, -0.05) is 63.1 Å². The van der Waals surface area contributed by atoms with Crippen LogP contribution in [0.4, 0.5) is 0 Å². The number of rotatable bonds is 8. The van der Waals surface area contributed by atoms with E-state index in [4.69, 9.17) is 4.74 Å². The van der Waals surface area contributed by atoms with Crippen LogP contribution in [-0.2, 0) is 12.8 Å². The number of aryl methyl sites for hydroxylation is 2. The zero-order valence-corrected chi connectivity index (χ0v) is 14.2. The van der Waals surface area contributed by atoms with Crippen molar-refractivity contribution in [1.82, 2.24) is 0 Å². The van der Waals surface area contributed by atoms with Crippen LogP contribution in [0.3, 0.4) is 0 Å². The quantitative estimate of drug-likeness (QED) is 0.576. The topological polar surface area (TPSA) is 9.23 Å². The first-order valence-corrected chi connectivity index (χ1v) is 8.56. The summed E-state index contributed by atoms with van der Waals surface area (Å²) in [7, 11) is 1.76. The van der Waals surface area contributed by atoms with Crippen molar-refractivity contribution in [2.75, 3.05) is 7.11 Å². The van der Waals surface area contributed by atoms with Crippen molar-refractivity contribution >= 4 is 0 Å². The lowest BCUT2D eigenvalue weighted by molar-refractivity contribution is 0.416. The van der Waals surface area contributed by atoms with Crippen LogP contribution in [0.2, 0.25) is 0 Å². The van der Waals surface area contributed by atoms with Crippen LogP contribution in [0, 0.1) is 0 Å². The van der Waals surface area contributed by atoms with Crippen molar-refractivity contribution in [2.24, 2.45) is 0 Å². The lowest BCUT2D eigenvalue weighted by Gasteiger charge is -2.17. The maximum absolute atomic E-state index is 5.62. The molecule has 0 N–H and O–H groups in total. The van der Waals surface area contributed by atoms with Crippen LogP contribution in [0.1, 0.15) is 50.7 Å². The van der Waals surface area contributed by atoms with Gasteiger partial charge in [0.15, 0.2) is 0 Å². The Balaban J connectivity index is 2.52. The molecular weight excluding hydrogens is 268 g/mol. The van der Waals surface area contributed by atoms with E-state index in [1.165, 1.54) is 47.9 Å². The van der Waals surface area contributed by atoms with Crippen molar-refractivity contribution in [3.63, 3.8) is 0 Å². The molecule has 0 aromatic heterocycles. The van der Waals surface area contributed by atoms with Gasteiger partial charge in [0.1, 0.15) is 5.75 Å². The van der Waals surface area contributed by atoms with Gasteiger partial charge >= 0.3 is 0 Å². The molecule has 2 aromatic rings. The minimum absolute atomic E-state index is 0.976. The van der Waals surface area contributed by atoms with Crippen LogP contribution in [0.5, 0.6) is 5.75 Å². The third kappa shape index (κ3) is 3.91. The molecule has 0 spiro atoms. The fourth-order valence-electron chi connectivity index (χ4n) is 3.00. The summed E-state index contributed by atoms with van der Waals surface area (Å²) in [6.07, 6.45) is 7.21. The summed E-state index contributed by atoms with van der Waals surface area (Å²) in [6.45, 7) is 4.51. The number of hydrogen-bond donors (Lipinski definition) is 0. The predicted molar refractivity (Wildman–Crippen MR) is 95.7 cm³/mol. The number of para-hydroxylation sites is 1. The number of benzene rings is 2. The summed E-state index contributed by atoms with van der Waals surface area (Å²) in [5, 5.41) is 0. The molecule has 0 amide bonds. The lowest BCUT2D eigenvalue weighted by Crippen LogP contribution is -1.99. The highest BCUT2D eigenvalue weighted by molar-refractivity contribution is 5.76. The van der Waals surface area contributed by atoms with Crippen LogP contribution in [-0.4, -0.2) is 7.11 Å². The molecule has 0 aliphatic rings. The van der Waals surface area contributed by atoms with E-state index < -0.39 is 0 Å². The molecule has 0 saturated carbocycles. The lowest BCUT2D eigenvalue weighted by atomic mass is 9.89. The molecule has 2 aromatic carbocycles. The summed E-state index contributed by atoms with van der Waals surface area (Å²) in [5.41, 5.74) is 5.56. The van der Waals surface area contributed by atoms with E-state index in [0.29, 0.717) is 0 Å². The molecule has 1 nitrogen and oxygen atoms in total. The van der Waals surface area contributed by atoms with E-state index in [-0.39, 0.29) is 0 Å². The highest BCUT2D eigenvalue weighted by Crippen LogP contribution is 2.36. The molecule has 0 atom stereocenters. The Morgan fingerprint density at radius 3 is 1.91 bits per heavy atom. The first kappa shape index (κ1) is 16.6. The molecule has 0 saturated heterocycles. The number of unbranched alkanes of at least 4 members (excludes halogenated alkanes) is 2.